The summed E-state index contributed by atoms with van der Waals surface area (Å²) in [6, 6.07) is 20.9. The van der Waals surface area contributed by atoms with E-state index in [0.717, 1.165) is 10.0 Å². The molecule has 0 aliphatic carbocycles. The molecule has 0 radical (unpaired) electrons. The molecule has 168 valence electrons. The first-order valence-corrected chi connectivity index (χ1v) is 12.7. The van der Waals surface area contributed by atoms with Crippen molar-refractivity contribution in [2.75, 3.05) is 23.7 Å². The third-order valence-electron chi connectivity index (χ3n) is 4.53. The smallest absolute Gasteiger partial charge is 0.251 e. The molecule has 0 atom stereocenters. The Labute approximate surface area is 201 Å². The van der Waals surface area contributed by atoms with E-state index in [9.17, 15) is 13.2 Å². The van der Waals surface area contributed by atoms with Gasteiger partial charge in [0.1, 0.15) is 12.4 Å². The molecule has 6 nitrogen and oxygen atoms in total. The molecule has 3 aromatic rings. The zero-order chi connectivity index (χ0) is 23.1. The molecule has 0 heterocycles. The van der Waals surface area contributed by atoms with E-state index in [0.29, 0.717) is 35.2 Å². The second kappa shape index (κ2) is 10.8. The number of sulfonamides is 1. The zero-order valence-electron chi connectivity index (χ0n) is 17.3. The van der Waals surface area contributed by atoms with E-state index in [1.807, 2.05) is 0 Å². The fourth-order valence-corrected chi connectivity index (χ4v) is 4.18. The van der Waals surface area contributed by atoms with Gasteiger partial charge in [0, 0.05) is 15.1 Å². The highest BCUT2D eigenvalue weighted by atomic mass is 79.9. The number of ether oxygens (including phenoxy) is 1. The fraction of sp³-hybridized carbons (Fsp3) is 0.174. The second-order valence-corrected chi connectivity index (χ2v) is 10.3. The molecule has 32 heavy (non-hydrogen) atoms. The number of anilines is 1. The summed E-state index contributed by atoms with van der Waals surface area (Å²) in [7, 11) is -3.48. The molecule has 0 aliphatic heterocycles. The number of rotatable bonds is 9. The van der Waals surface area contributed by atoms with Gasteiger partial charge in [0.05, 0.1) is 25.0 Å². The molecule has 0 unspecified atom stereocenters. The standard InChI is InChI=1S/C23H22BrClN2O4S/c1-32(29,30)27(21-10-6-19(24)7-11-21)16-17-2-4-18(5-3-17)23(28)26-14-15-31-22-12-8-20(25)9-13-22/h2-13H,14-16H2,1H3,(H,26,28). The number of hydrogen-bond donors (Lipinski definition) is 1. The summed E-state index contributed by atoms with van der Waals surface area (Å²) in [6.45, 7) is 0.827. The van der Waals surface area contributed by atoms with Crippen molar-refractivity contribution in [3.8, 4) is 5.75 Å². The molecule has 0 fully saturated rings. The summed E-state index contributed by atoms with van der Waals surface area (Å²) in [5.74, 6) is 0.443. The number of nitrogens with zero attached hydrogens (tertiary/aromatic N) is 1. The predicted octanol–water partition coefficient (Wildman–Crippen LogP) is 4.88. The summed E-state index contributed by atoms with van der Waals surface area (Å²) in [4.78, 5) is 12.4. The van der Waals surface area contributed by atoms with Gasteiger partial charge >= 0.3 is 0 Å². The van der Waals surface area contributed by atoms with E-state index >= 15 is 0 Å². The van der Waals surface area contributed by atoms with Crippen LogP contribution >= 0.6 is 27.5 Å². The van der Waals surface area contributed by atoms with Gasteiger partial charge < -0.3 is 10.1 Å². The van der Waals surface area contributed by atoms with Crippen molar-refractivity contribution in [1.29, 1.82) is 0 Å². The number of amides is 1. The summed E-state index contributed by atoms with van der Waals surface area (Å²) in [6.07, 6.45) is 1.17. The number of hydrogen-bond acceptors (Lipinski definition) is 4. The van der Waals surface area contributed by atoms with Crippen molar-refractivity contribution < 1.29 is 17.9 Å². The first-order valence-electron chi connectivity index (χ1n) is 9.71. The van der Waals surface area contributed by atoms with E-state index in [2.05, 4.69) is 21.2 Å². The topological polar surface area (TPSA) is 75.7 Å². The van der Waals surface area contributed by atoms with Gasteiger partial charge in [-0.05, 0) is 66.2 Å². The highest BCUT2D eigenvalue weighted by Gasteiger charge is 2.18. The minimum absolute atomic E-state index is 0.164. The SMILES string of the molecule is CS(=O)(=O)N(Cc1ccc(C(=O)NCCOc2ccc(Cl)cc2)cc1)c1ccc(Br)cc1. The first-order chi connectivity index (χ1) is 15.2. The number of benzene rings is 3. The molecule has 0 spiro atoms. The van der Waals surface area contributed by atoms with E-state index in [4.69, 9.17) is 16.3 Å². The monoisotopic (exact) mass is 536 g/mol. The number of carbonyl (C=O) groups is 1. The molecule has 1 N–H and O–H groups in total. The van der Waals surface area contributed by atoms with Crippen molar-refractivity contribution in [1.82, 2.24) is 5.32 Å². The molecule has 0 saturated heterocycles. The van der Waals surface area contributed by atoms with E-state index in [-0.39, 0.29) is 12.5 Å². The molecule has 0 aliphatic rings. The van der Waals surface area contributed by atoms with Gasteiger partial charge in [-0.15, -0.1) is 0 Å². The van der Waals surface area contributed by atoms with E-state index in [1.54, 1.807) is 72.8 Å². The minimum atomic E-state index is -3.48. The van der Waals surface area contributed by atoms with E-state index < -0.39 is 10.0 Å². The van der Waals surface area contributed by atoms with Crippen molar-refractivity contribution in [2.24, 2.45) is 0 Å². The van der Waals surface area contributed by atoms with Crippen LogP contribution in [0.25, 0.3) is 0 Å². The zero-order valence-corrected chi connectivity index (χ0v) is 20.5. The average molecular weight is 538 g/mol. The van der Waals surface area contributed by atoms with Crippen LogP contribution in [0.4, 0.5) is 5.69 Å². The van der Waals surface area contributed by atoms with Crippen LogP contribution < -0.4 is 14.4 Å². The molecular formula is C23H22BrClN2O4S. The van der Waals surface area contributed by atoms with Crippen molar-refractivity contribution in [3.63, 3.8) is 0 Å². The number of nitrogens with one attached hydrogen (secondary N) is 1. The molecule has 3 aromatic carbocycles. The van der Waals surface area contributed by atoms with Crippen molar-refractivity contribution >= 4 is 49.1 Å². The van der Waals surface area contributed by atoms with Crippen molar-refractivity contribution in [3.05, 3.63) is 93.4 Å². The van der Waals surface area contributed by atoms with Crippen LogP contribution in [0.1, 0.15) is 15.9 Å². The fourth-order valence-electron chi connectivity index (χ4n) is 2.90. The third-order valence-corrected chi connectivity index (χ3v) is 6.45. The van der Waals surface area contributed by atoms with Gasteiger partial charge in [-0.3, -0.25) is 9.10 Å². The van der Waals surface area contributed by atoms with Crippen LogP contribution in [0.15, 0.2) is 77.3 Å². The lowest BCUT2D eigenvalue weighted by Gasteiger charge is -2.22. The Morgan fingerprint density at radius 3 is 2.22 bits per heavy atom. The number of carbonyl (C=O) groups excluding carboxylic acids is 1. The van der Waals surface area contributed by atoms with Crippen LogP contribution in [0.2, 0.25) is 5.02 Å². The Balaban J connectivity index is 1.56. The maximum absolute atomic E-state index is 12.4. The third kappa shape index (κ3) is 6.98. The molecule has 1 amide bonds. The van der Waals surface area contributed by atoms with Gasteiger partial charge in [-0.25, -0.2) is 8.42 Å². The molecule has 0 aromatic heterocycles. The van der Waals surface area contributed by atoms with Gasteiger partial charge in [0.25, 0.3) is 5.91 Å². The highest BCUT2D eigenvalue weighted by Crippen LogP contribution is 2.23. The van der Waals surface area contributed by atoms with Gasteiger partial charge in [-0.2, -0.15) is 0 Å². The lowest BCUT2D eigenvalue weighted by Crippen LogP contribution is -2.29. The van der Waals surface area contributed by atoms with Gasteiger partial charge in [-0.1, -0.05) is 39.7 Å². The molecular weight excluding hydrogens is 516 g/mol. The minimum Gasteiger partial charge on any atom is -0.492 e. The Bertz CT molecular complexity index is 1150. The van der Waals surface area contributed by atoms with Crippen molar-refractivity contribution in [2.45, 2.75) is 6.54 Å². The summed E-state index contributed by atoms with van der Waals surface area (Å²) in [5, 5.41) is 3.43. The van der Waals surface area contributed by atoms with Crippen LogP contribution in [0.5, 0.6) is 5.75 Å². The van der Waals surface area contributed by atoms with Crippen LogP contribution in [0.3, 0.4) is 0 Å². The maximum atomic E-state index is 12.4. The molecule has 0 saturated carbocycles. The molecule has 3 rings (SSSR count). The molecule has 0 bridgehead atoms. The molecule has 9 heteroatoms. The largest absolute Gasteiger partial charge is 0.492 e. The number of halogens is 2. The van der Waals surface area contributed by atoms with E-state index in [1.165, 1.54) is 10.6 Å². The lowest BCUT2D eigenvalue weighted by molar-refractivity contribution is 0.0947. The van der Waals surface area contributed by atoms with Crippen LogP contribution in [-0.2, 0) is 16.6 Å². The van der Waals surface area contributed by atoms with Gasteiger partial charge in [0.15, 0.2) is 0 Å². The first kappa shape index (κ1) is 24.1. The normalized spacial score (nSPS) is 11.1. The summed E-state index contributed by atoms with van der Waals surface area (Å²) >= 11 is 9.19. The predicted molar refractivity (Wildman–Crippen MR) is 131 cm³/mol. The Morgan fingerprint density at radius 1 is 1.00 bits per heavy atom. The average Bonchev–Trinajstić information content (AvgIpc) is 2.76. The summed E-state index contributed by atoms with van der Waals surface area (Å²) < 4.78 is 32.3. The summed E-state index contributed by atoms with van der Waals surface area (Å²) in [5.41, 5.74) is 1.81. The Kier molecular flexibility index (Phi) is 8.17. The lowest BCUT2D eigenvalue weighted by atomic mass is 10.1. The highest BCUT2D eigenvalue weighted by molar-refractivity contribution is 9.10. The Morgan fingerprint density at radius 2 is 1.62 bits per heavy atom. The van der Waals surface area contributed by atoms with Crippen LogP contribution in [-0.4, -0.2) is 33.7 Å². The van der Waals surface area contributed by atoms with Gasteiger partial charge in [0.2, 0.25) is 10.0 Å². The van der Waals surface area contributed by atoms with Crippen LogP contribution in [0, 0.1) is 0 Å². The maximum Gasteiger partial charge on any atom is 0.251 e. The Hall–Kier alpha value is -2.55. The quantitative estimate of drug-likeness (QED) is 0.395. The second-order valence-electron chi connectivity index (χ2n) is 7.00.